The van der Waals surface area contributed by atoms with E-state index in [1.165, 1.54) is 11.1 Å². The summed E-state index contributed by atoms with van der Waals surface area (Å²) in [5.74, 6) is 1.91. The lowest BCUT2D eigenvalue weighted by Crippen LogP contribution is -2.26. The molecule has 6 rings (SSSR count). The Labute approximate surface area is 231 Å². The number of benzene rings is 1. The van der Waals surface area contributed by atoms with Crippen LogP contribution in [0.1, 0.15) is 65.1 Å². The Bertz CT molecular complexity index is 1500. The SMILES string of the molecule is CC.CC.CCN(CC)C1CCc2cc(-n3c(-c4cccnc4N)nc4ccc(-n5cccn5)nc43)ccc21. The van der Waals surface area contributed by atoms with Crippen LogP contribution in [0.15, 0.2) is 67.1 Å². The summed E-state index contributed by atoms with van der Waals surface area (Å²) in [4.78, 5) is 16.8. The molecule has 8 nitrogen and oxygen atoms in total. The smallest absolute Gasteiger partial charge is 0.167 e. The molecule has 0 saturated carbocycles. The molecule has 0 fully saturated rings. The van der Waals surface area contributed by atoms with Crippen LogP contribution in [0.2, 0.25) is 0 Å². The minimum absolute atomic E-state index is 0.444. The summed E-state index contributed by atoms with van der Waals surface area (Å²) >= 11 is 0. The topological polar surface area (TPSA) is 90.7 Å². The lowest BCUT2D eigenvalue weighted by molar-refractivity contribution is 0.218. The maximum absolute atomic E-state index is 6.30. The first-order valence-corrected chi connectivity index (χ1v) is 14.2. The molecule has 204 valence electrons. The highest BCUT2D eigenvalue weighted by molar-refractivity contribution is 5.83. The Kier molecular flexibility index (Phi) is 9.09. The number of rotatable bonds is 6. The number of fused-ring (bicyclic) bond motifs is 2. The van der Waals surface area contributed by atoms with Gasteiger partial charge in [0.25, 0.3) is 0 Å². The maximum atomic E-state index is 6.30. The minimum Gasteiger partial charge on any atom is -0.383 e. The number of nitrogens with zero attached hydrogens (tertiary/aromatic N) is 7. The third kappa shape index (κ3) is 5.29. The summed E-state index contributed by atoms with van der Waals surface area (Å²) in [5.41, 5.74) is 12.5. The molecule has 1 aliphatic rings. The number of aromatic nitrogens is 6. The molecular weight excluding hydrogens is 484 g/mol. The van der Waals surface area contributed by atoms with Crippen LogP contribution in [0.25, 0.3) is 34.1 Å². The maximum Gasteiger partial charge on any atom is 0.167 e. The molecule has 4 aromatic heterocycles. The summed E-state index contributed by atoms with van der Waals surface area (Å²) in [6, 6.07) is 16.9. The zero-order valence-corrected chi connectivity index (χ0v) is 24.0. The highest BCUT2D eigenvalue weighted by Gasteiger charge is 2.27. The summed E-state index contributed by atoms with van der Waals surface area (Å²) in [5, 5.41) is 4.35. The molecule has 0 radical (unpaired) electrons. The lowest BCUT2D eigenvalue weighted by atomic mass is 10.1. The Hall–Kier alpha value is -4.04. The van der Waals surface area contributed by atoms with Gasteiger partial charge >= 0.3 is 0 Å². The molecule has 1 atom stereocenters. The second-order valence-corrected chi connectivity index (χ2v) is 8.83. The highest BCUT2D eigenvalue weighted by atomic mass is 15.3. The molecule has 0 aliphatic heterocycles. The molecule has 1 aliphatic carbocycles. The zero-order chi connectivity index (χ0) is 27.9. The number of anilines is 1. The van der Waals surface area contributed by atoms with Crippen LogP contribution in [-0.2, 0) is 6.42 Å². The van der Waals surface area contributed by atoms with Crippen LogP contribution in [0.3, 0.4) is 0 Å². The van der Waals surface area contributed by atoms with Crippen molar-refractivity contribution in [2.24, 2.45) is 0 Å². The number of hydrogen-bond donors (Lipinski definition) is 1. The molecule has 8 heteroatoms. The van der Waals surface area contributed by atoms with E-state index in [4.69, 9.17) is 15.7 Å². The molecule has 2 N–H and O–H groups in total. The summed E-state index contributed by atoms with van der Waals surface area (Å²) < 4.78 is 3.85. The largest absolute Gasteiger partial charge is 0.383 e. The van der Waals surface area contributed by atoms with Crippen LogP contribution in [0.5, 0.6) is 0 Å². The molecule has 1 unspecified atom stereocenters. The highest BCUT2D eigenvalue weighted by Crippen LogP contribution is 2.38. The van der Waals surface area contributed by atoms with Gasteiger partial charge in [-0.1, -0.05) is 47.6 Å². The van der Waals surface area contributed by atoms with Gasteiger partial charge in [0.1, 0.15) is 11.3 Å². The summed E-state index contributed by atoms with van der Waals surface area (Å²) in [6.07, 6.45) is 7.54. The lowest BCUT2D eigenvalue weighted by Gasteiger charge is -2.27. The van der Waals surface area contributed by atoms with Gasteiger partial charge in [-0.2, -0.15) is 5.10 Å². The van der Waals surface area contributed by atoms with Crippen molar-refractivity contribution < 1.29 is 0 Å². The number of pyridine rings is 2. The quantitative estimate of drug-likeness (QED) is 0.268. The van der Waals surface area contributed by atoms with Crippen LogP contribution < -0.4 is 5.73 Å². The number of nitrogen functional groups attached to an aromatic ring is 1. The van der Waals surface area contributed by atoms with E-state index >= 15 is 0 Å². The van der Waals surface area contributed by atoms with E-state index in [9.17, 15) is 0 Å². The van der Waals surface area contributed by atoms with Gasteiger partial charge in [-0.15, -0.1) is 0 Å². The van der Waals surface area contributed by atoms with E-state index in [0.29, 0.717) is 11.9 Å². The fourth-order valence-corrected chi connectivity index (χ4v) is 5.28. The Morgan fingerprint density at radius 2 is 1.74 bits per heavy atom. The predicted octanol–water partition coefficient (Wildman–Crippen LogP) is 6.63. The molecule has 39 heavy (non-hydrogen) atoms. The van der Waals surface area contributed by atoms with Gasteiger partial charge in [-0.3, -0.25) is 9.47 Å². The molecule has 0 spiro atoms. The van der Waals surface area contributed by atoms with Gasteiger partial charge in [0, 0.05) is 30.3 Å². The summed E-state index contributed by atoms with van der Waals surface area (Å²) in [6.45, 7) is 14.6. The van der Waals surface area contributed by atoms with Crippen LogP contribution in [0.4, 0.5) is 5.82 Å². The van der Waals surface area contributed by atoms with E-state index < -0.39 is 0 Å². The van der Waals surface area contributed by atoms with Crippen LogP contribution in [-0.4, -0.2) is 47.3 Å². The monoisotopic (exact) mass is 524 g/mol. The number of hydrogen-bond acceptors (Lipinski definition) is 6. The molecule has 0 bridgehead atoms. The number of imidazole rings is 1. The van der Waals surface area contributed by atoms with Gasteiger partial charge in [-0.25, -0.2) is 19.6 Å². The predicted molar refractivity (Wildman–Crippen MR) is 160 cm³/mol. The van der Waals surface area contributed by atoms with Gasteiger partial charge in [0.05, 0.1) is 5.56 Å². The molecule has 5 aromatic rings. The van der Waals surface area contributed by atoms with Crippen molar-refractivity contribution in [1.82, 2.24) is 34.2 Å². The molecular formula is C31H40N8. The van der Waals surface area contributed by atoms with Crippen molar-refractivity contribution in [3.8, 4) is 22.9 Å². The fourth-order valence-electron chi connectivity index (χ4n) is 5.28. The van der Waals surface area contributed by atoms with Crippen molar-refractivity contribution in [2.75, 3.05) is 18.8 Å². The number of nitrogens with two attached hydrogens (primary N) is 1. The molecule has 4 heterocycles. The third-order valence-electron chi connectivity index (χ3n) is 6.99. The molecule has 1 aromatic carbocycles. The first-order valence-electron chi connectivity index (χ1n) is 14.2. The number of aryl methyl sites for hydroxylation is 1. The average molecular weight is 525 g/mol. The second-order valence-electron chi connectivity index (χ2n) is 8.83. The van der Waals surface area contributed by atoms with E-state index in [-0.39, 0.29) is 0 Å². The minimum atomic E-state index is 0.444. The zero-order valence-electron chi connectivity index (χ0n) is 24.0. The van der Waals surface area contributed by atoms with Gasteiger partial charge < -0.3 is 5.73 Å². The third-order valence-corrected chi connectivity index (χ3v) is 6.99. The van der Waals surface area contributed by atoms with Crippen molar-refractivity contribution in [2.45, 2.75) is 60.4 Å². The molecule has 0 amide bonds. The van der Waals surface area contributed by atoms with E-state index in [0.717, 1.165) is 60.0 Å². The standard InChI is InChI=1S/C27H28N8.2C2H6/c1-3-33(4-2)23-12-8-18-17-19(9-10-20(18)23)35-26(21-7-5-14-29-25(21)28)31-22-11-13-24(32-27(22)35)34-16-6-15-30-34;2*1-2/h5-7,9-11,13-17,23H,3-4,8,12H2,1-2H3,(H2,28,29);2*1-2H3. The summed E-state index contributed by atoms with van der Waals surface area (Å²) in [7, 11) is 0. The van der Waals surface area contributed by atoms with E-state index in [2.05, 4.69) is 51.6 Å². The van der Waals surface area contributed by atoms with Crippen LogP contribution in [0, 0.1) is 0 Å². The van der Waals surface area contributed by atoms with Gasteiger partial charge in [0.2, 0.25) is 0 Å². The Morgan fingerprint density at radius 1 is 0.949 bits per heavy atom. The Morgan fingerprint density at radius 3 is 2.44 bits per heavy atom. The van der Waals surface area contributed by atoms with Crippen molar-refractivity contribution in [3.05, 3.63) is 78.2 Å². The van der Waals surface area contributed by atoms with Crippen molar-refractivity contribution in [1.29, 1.82) is 0 Å². The first kappa shape index (κ1) is 28.0. The van der Waals surface area contributed by atoms with Crippen molar-refractivity contribution >= 4 is 17.0 Å². The molecule has 0 saturated heterocycles. The first-order chi connectivity index (χ1) is 19.2. The average Bonchev–Trinajstić information content (AvgIpc) is 3.75. The van der Waals surface area contributed by atoms with Gasteiger partial charge in [0.15, 0.2) is 17.3 Å². The second kappa shape index (κ2) is 12.7. The van der Waals surface area contributed by atoms with E-state index in [1.807, 2.05) is 64.2 Å². The Balaban J connectivity index is 0.000000845. The van der Waals surface area contributed by atoms with Gasteiger partial charge in [-0.05, 0) is 79.5 Å². The van der Waals surface area contributed by atoms with Crippen LogP contribution >= 0.6 is 0 Å². The fraction of sp³-hybridized carbons (Fsp3) is 0.355. The normalized spacial score (nSPS) is 14.0. The van der Waals surface area contributed by atoms with E-state index in [1.54, 1.807) is 17.1 Å². The van der Waals surface area contributed by atoms with Crippen molar-refractivity contribution in [3.63, 3.8) is 0 Å².